The molecule has 1 fully saturated rings. The highest BCUT2D eigenvalue weighted by Crippen LogP contribution is 2.64. The molecule has 2 nitrogen and oxygen atoms in total. The molecule has 7 aromatic carbocycles. The molecule has 1 saturated carbocycles. The fraction of sp³-hybridized carbons (Fsp3) is 0.300. The number of hydrogen-bond acceptors (Lipinski definition) is 2. The summed E-state index contributed by atoms with van der Waals surface area (Å²) in [5.41, 5.74) is 27.5. The number of anilines is 4. The Hall–Kier alpha value is -5.80. The van der Waals surface area contributed by atoms with Crippen LogP contribution >= 0.6 is 0 Å². The second kappa shape index (κ2) is 12.1. The molecule has 3 aliphatic heterocycles. The van der Waals surface area contributed by atoms with E-state index < -0.39 is 0 Å². The van der Waals surface area contributed by atoms with E-state index in [4.69, 9.17) is 0 Å². The van der Waals surface area contributed by atoms with Gasteiger partial charge in [0.05, 0.1) is 5.54 Å². The van der Waals surface area contributed by atoms with Crippen LogP contribution in [0.2, 0.25) is 0 Å². The van der Waals surface area contributed by atoms with Crippen molar-refractivity contribution in [2.75, 3.05) is 9.71 Å². The highest BCUT2D eigenvalue weighted by molar-refractivity contribution is 6.93. The van der Waals surface area contributed by atoms with Gasteiger partial charge in [-0.1, -0.05) is 165 Å². The van der Waals surface area contributed by atoms with E-state index in [1.807, 2.05) is 0 Å². The maximum Gasteiger partial charge on any atom is 0.333 e. The van der Waals surface area contributed by atoms with E-state index in [0.717, 1.165) is 0 Å². The summed E-state index contributed by atoms with van der Waals surface area (Å²) in [6, 6.07) is 52.6. The van der Waals surface area contributed by atoms with E-state index in [-0.39, 0.29) is 34.0 Å². The third kappa shape index (κ3) is 4.61. The van der Waals surface area contributed by atoms with Crippen molar-refractivity contribution in [2.24, 2.45) is 0 Å². The molecule has 0 aromatic heterocycles. The molecule has 0 saturated heterocycles. The van der Waals surface area contributed by atoms with Gasteiger partial charge in [0.2, 0.25) is 0 Å². The zero-order valence-electron chi connectivity index (χ0n) is 38.5. The number of fused-ring (bicyclic) bond motifs is 13. The van der Waals surface area contributed by atoms with Crippen LogP contribution in [0.5, 0.6) is 0 Å². The lowest BCUT2D eigenvalue weighted by Crippen LogP contribution is -2.64. The first-order valence-corrected chi connectivity index (χ1v) is 23.7. The number of rotatable bonds is 2. The second-order valence-corrected chi connectivity index (χ2v) is 22.4. The minimum absolute atomic E-state index is 0.00961. The SMILES string of the molecule is CC(C)(C)c1cc2c3c(c1)C1(C)CCCCC1(C)N3c1cc(-c3ccccc3)cc3c1B2N(c1ccc2c(c1)C(C)(C)c1ccccc1-2)c1cc2c(cc1-3)-c1ccccc1C2(C)C. The predicted octanol–water partition coefficient (Wildman–Crippen LogP) is 14.2. The summed E-state index contributed by atoms with van der Waals surface area (Å²) in [5, 5.41) is 0. The van der Waals surface area contributed by atoms with Crippen molar-refractivity contribution in [3.8, 4) is 44.5 Å². The summed E-state index contributed by atoms with van der Waals surface area (Å²) in [6.45, 7) is 22.2. The maximum atomic E-state index is 2.91. The van der Waals surface area contributed by atoms with E-state index in [0.29, 0.717) is 0 Å². The van der Waals surface area contributed by atoms with E-state index in [1.165, 1.54) is 132 Å². The molecule has 7 aromatic rings. The summed E-state index contributed by atoms with van der Waals surface area (Å²) >= 11 is 0. The van der Waals surface area contributed by atoms with Crippen molar-refractivity contribution in [1.82, 2.24) is 0 Å². The van der Waals surface area contributed by atoms with Crippen molar-refractivity contribution in [2.45, 2.75) is 115 Å². The van der Waals surface area contributed by atoms with Crippen LogP contribution in [-0.4, -0.2) is 12.4 Å². The number of nitrogens with zero attached hydrogens (tertiary/aromatic N) is 2. The van der Waals surface area contributed by atoms with Gasteiger partial charge < -0.3 is 9.71 Å². The summed E-state index contributed by atoms with van der Waals surface area (Å²) in [4.78, 5) is 5.72. The molecule has 0 spiro atoms. The van der Waals surface area contributed by atoms with Gasteiger partial charge in [-0.2, -0.15) is 0 Å². The molecule has 3 heteroatoms. The van der Waals surface area contributed by atoms with Crippen LogP contribution in [-0.2, 0) is 21.7 Å². The lowest BCUT2D eigenvalue weighted by molar-refractivity contribution is 0.195. The zero-order chi connectivity index (χ0) is 43.2. The normalized spacial score (nSPS) is 22.1. The lowest BCUT2D eigenvalue weighted by Gasteiger charge is -2.53. The third-order valence-electron chi connectivity index (χ3n) is 17.5. The van der Waals surface area contributed by atoms with Gasteiger partial charge in [0, 0.05) is 44.6 Å². The van der Waals surface area contributed by atoms with Gasteiger partial charge in [-0.3, -0.25) is 0 Å². The summed E-state index contributed by atoms with van der Waals surface area (Å²) in [7, 11) is 0. The van der Waals surface area contributed by atoms with Gasteiger partial charge in [0.1, 0.15) is 0 Å². The molecule has 0 N–H and O–H groups in total. The van der Waals surface area contributed by atoms with Gasteiger partial charge in [-0.05, 0) is 145 Å². The molecule has 2 unspecified atom stereocenters. The Morgan fingerprint density at radius 1 is 0.492 bits per heavy atom. The molecule has 310 valence electrons. The summed E-state index contributed by atoms with van der Waals surface area (Å²) in [5.74, 6) is 0. The van der Waals surface area contributed by atoms with Crippen molar-refractivity contribution < 1.29 is 0 Å². The fourth-order valence-electron chi connectivity index (χ4n) is 13.9. The Morgan fingerprint density at radius 3 is 1.84 bits per heavy atom. The predicted molar refractivity (Wildman–Crippen MR) is 268 cm³/mol. The second-order valence-electron chi connectivity index (χ2n) is 22.4. The van der Waals surface area contributed by atoms with Crippen molar-refractivity contribution in [3.05, 3.63) is 167 Å². The topological polar surface area (TPSA) is 6.48 Å². The van der Waals surface area contributed by atoms with Crippen LogP contribution in [0.1, 0.15) is 121 Å². The monoisotopic (exact) mass is 816 g/mol. The van der Waals surface area contributed by atoms with Gasteiger partial charge in [-0.15, -0.1) is 0 Å². The number of hydrogen-bond donors (Lipinski definition) is 0. The van der Waals surface area contributed by atoms with Crippen molar-refractivity contribution >= 4 is 40.5 Å². The molecular formula is C60H57BN2. The Bertz CT molecular complexity index is 3160. The average Bonchev–Trinajstić information content (AvgIpc) is 3.75. The zero-order valence-corrected chi connectivity index (χ0v) is 38.5. The van der Waals surface area contributed by atoms with Gasteiger partial charge in [0.15, 0.2) is 0 Å². The van der Waals surface area contributed by atoms with Gasteiger partial charge >= 0.3 is 6.85 Å². The Morgan fingerprint density at radius 2 is 1.13 bits per heavy atom. The molecule has 0 bridgehead atoms. The van der Waals surface area contributed by atoms with Crippen molar-refractivity contribution in [3.63, 3.8) is 0 Å². The van der Waals surface area contributed by atoms with Crippen LogP contribution < -0.4 is 20.6 Å². The average molecular weight is 817 g/mol. The van der Waals surface area contributed by atoms with E-state index >= 15 is 0 Å². The Balaban J connectivity index is 1.18. The summed E-state index contributed by atoms with van der Waals surface area (Å²) in [6.07, 6.45) is 4.91. The highest BCUT2D eigenvalue weighted by atomic mass is 15.3. The Labute approximate surface area is 375 Å². The molecular weight excluding hydrogens is 759 g/mol. The maximum absolute atomic E-state index is 2.91. The highest BCUT2D eigenvalue weighted by Gasteiger charge is 2.62. The molecule has 0 amide bonds. The van der Waals surface area contributed by atoms with Gasteiger partial charge in [0.25, 0.3) is 0 Å². The third-order valence-corrected chi connectivity index (χ3v) is 17.5. The van der Waals surface area contributed by atoms with E-state index in [9.17, 15) is 0 Å². The van der Waals surface area contributed by atoms with Crippen LogP contribution in [0.15, 0.2) is 133 Å². The molecule has 13 rings (SSSR count). The molecule has 6 aliphatic rings. The van der Waals surface area contributed by atoms with Crippen LogP contribution in [0.3, 0.4) is 0 Å². The smallest absolute Gasteiger partial charge is 0.333 e. The van der Waals surface area contributed by atoms with Gasteiger partial charge in [-0.25, -0.2) is 0 Å². The first-order valence-electron chi connectivity index (χ1n) is 23.7. The number of benzene rings is 7. The standard InChI is InChI=1S/C60H57BN2/c1-56(2,3)38-31-50-55-51(32-38)61-54-45(29-37(36-19-11-10-12-20-36)30-53(54)62(55)60(9)28-18-17-27-59(50,60)8)44-34-43-41-22-14-16-24-47(41)58(6,7)49(43)35-52(44)63(61)39-25-26-42-40-21-13-15-23-46(40)57(4,5)48(42)33-39/h10-16,19-26,29-35H,17-18,27-28H2,1-9H3. The van der Waals surface area contributed by atoms with Crippen LogP contribution in [0.25, 0.3) is 44.5 Å². The molecule has 3 heterocycles. The molecule has 0 radical (unpaired) electrons. The minimum atomic E-state index is -0.138. The summed E-state index contributed by atoms with van der Waals surface area (Å²) < 4.78 is 0. The fourth-order valence-corrected chi connectivity index (χ4v) is 13.9. The Kier molecular flexibility index (Phi) is 7.22. The largest absolute Gasteiger partial charge is 0.376 e. The molecule has 3 aliphatic carbocycles. The molecule has 2 atom stereocenters. The van der Waals surface area contributed by atoms with Crippen LogP contribution in [0, 0.1) is 0 Å². The minimum Gasteiger partial charge on any atom is -0.376 e. The lowest BCUT2D eigenvalue weighted by atomic mass is 9.43. The van der Waals surface area contributed by atoms with E-state index in [2.05, 4.69) is 205 Å². The van der Waals surface area contributed by atoms with E-state index in [1.54, 1.807) is 5.56 Å². The first-order chi connectivity index (χ1) is 30.1. The first kappa shape index (κ1) is 37.7. The quantitative estimate of drug-likeness (QED) is 0.160. The van der Waals surface area contributed by atoms with Crippen LogP contribution in [0.4, 0.5) is 22.7 Å². The van der Waals surface area contributed by atoms with Crippen molar-refractivity contribution in [1.29, 1.82) is 0 Å². The molecule has 63 heavy (non-hydrogen) atoms.